The molecule has 2 aromatic rings. The van der Waals surface area contributed by atoms with Crippen LogP contribution in [0.15, 0.2) is 34.9 Å². The number of amides is 1. The number of furan rings is 1. The Hall–Kier alpha value is -2.68. The Morgan fingerprint density at radius 2 is 2.00 bits per heavy atom. The zero-order chi connectivity index (χ0) is 17.2. The van der Waals surface area contributed by atoms with Crippen LogP contribution in [0.2, 0.25) is 0 Å². The summed E-state index contributed by atoms with van der Waals surface area (Å²) in [6, 6.07) is 4.31. The van der Waals surface area contributed by atoms with Crippen LogP contribution >= 0.6 is 0 Å². The van der Waals surface area contributed by atoms with Crippen LogP contribution in [0.3, 0.4) is 0 Å². The molecule has 0 radical (unpaired) electrons. The topological polar surface area (TPSA) is 114 Å². The average Bonchev–Trinajstić information content (AvgIpc) is 2.90. The first-order valence-electron chi connectivity index (χ1n) is 6.25. The minimum Gasteiger partial charge on any atom is -0.478 e. The lowest BCUT2D eigenvalue weighted by atomic mass is 10.2. The van der Waals surface area contributed by atoms with Crippen LogP contribution < -0.4 is 5.32 Å². The van der Waals surface area contributed by atoms with Crippen molar-refractivity contribution in [3.63, 3.8) is 0 Å². The maximum Gasteiger partial charge on any atom is 0.338 e. The fourth-order valence-corrected chi connectivity index (χ4v) is 2.64. The van der Waals surface area contributed by atoms with E-state index in [1.807, 2.05) is 0 Å². The largest absolute Gasteiger partial charge is 0.478 e. The molecule has 1 amide bonds. The number of carboxylic acids is 1. The number of nitrogens with one attached hydrogen (secondary N) is 1. The molecular weight excluding hydrogens is 329 g/mol. The van der Waals surface area contributed by atoms with Crippen molar-refractivity contribution >= 4 is 27.4 Å². The predicted octanol–water partition coefficient (Wildman–Crippen LogP) is 1.91. The molecule has 9 heteroatoms. The molecule has 0 atom stereocenters. The van der Waals surface area contributed by atoms with Gasteiger partial charge < -0.3 is 14.8 Å². The summed E-state index contributed by atoms with van der Waals surface area (Å²) in [7, 11) is -3.44. The number of hydrogen-bond acceptors (Lipinski definition) is 5. The van der Waals surface area contributed by atoms with E-state index in [0.29, 0.717) is 0 Å². The molecule has 1 aromatic heterocycles. The fourth-order valence-electron chi connectivity index (χ4n) is 1.84. The quantitative estimate of drug-likeness (QED) is 0.859. The Morgan fingerprint density at radius 1 is 1.30 bits per heavy atom. The van der Waals surface area contributed by atoms with Gasteiger partial charge in [-0.25, -0.2) is 17.6 Å². The second-order valence-corrected chi connectivity index (χ2v) is 6.97. The third kappa shape index (κ3) is 4.39. The molecule has 7 nitrogen and oxygen atoms in total. The van der Waals surface area contributed by atoms with E-state index in [9.17, 15) is 22.4 Å². The van der Waals surface area contributed by atoms with Crippen LogP contribution in [0.25, 0.3) is 0 Å². The smallest absolute Gasteiger partial charge is 0.338 e. The van der Waals surface area contributed by atoms with E-state index in [4.69, 9.17) is 9.52 Å². The number of carboxylic acid groups (broad SMARTS) is 1. The van der Waals surface area contributed by atoms with Crippen LogP contribution in [0.1, 0.15) is 26.5 Å². The van der Waals surface area contributed by atoms with Crippen molar-refractivity contribution in [3.05, 3.63) is 53.2 Å². The second kappa shape index (κ2) is 6.21. The predicted molar refractivity (Wildman–Crippen MR) is 78.6 cm³/mol. The van der Waals surface area contributed by atoms with Crippen molar-refractivity contribution in [2.75, 3.05) is 11.6 Å². The van der Waals surface area contributed by atoms with E-state index in [2.05, 4.69) is 5.32 Å². The van der Waals surface area contributed by atoms with E-state index >= 15 is 0 Å². The summed E-state index contributed by atoms with van der Waals surface area (Å²) in [4.78, 5) is 22.8. The number of rotatable bonds is 5. The molecule has 1 heterocycles. The van der Waals surface area contributed by atoms with Crippen molar-refractivity contribution in [2.24, 2.45) is 0 Å². The maximum atomic E-state index is 13.3. The van der Waals surface area contributed by atoms with Crippen molar-refractivity contribution in [3.8, 4) is 0 Å². The van der Waals surface area contributed by atoms with Crippen LogP contribution in [-0.2, 0) is 15.6 Å². The summed E-state index contributed by atoms with van der Waals surface area (Å²) in [5, 5.41) is 11.1. The van der Waals surface area contributed by atoms with Crippen LogP contribution in [0, 0.1) is 5.82 Å². The highest BCUT2D eigenvalue weighted by Gasteiger charge is 2.17. The Morgan fingerprint density at radius 3 is 2.57 bits per heavy atom. The summed E-state index contributed by atoms with van der Waals surface area (Å²) < 4.78 is 40.9. The number of carbonyl (C=O) groups is 2. The number of benzene rings is 1. The lowest BCUT2D eigenvalue weighted by Crippen LogP contribution is -2.14. The Balaban J connectivity index is 2.28. The molecule has 0 unspecified atom stereocenters. The van der Waals surface area contributed by atoms with Gasteiger partial charge in [0.1, 0.15) is 12.1 Å². The second-order valence-electron chi connectivity index (χ2n) is 4.83. The van der Waals surface area contributed by atoms with Gasteiger partial charge in [0.25, 0.3) is 5.91 Å². The van der Waals surface area contributed by atoms with Crippen LogP contribution in [0.4, 0.5) is 10.1 Å². The van der Waals surface area contributed by atoms with Gasteiger partial charge in [0.2, 0.25) is 0 Å². The Kier molecular flexibility index (Phi) is 4.50. The first-order valence-corrected chi connectivity index (χ1v) is 8.31. The van der Waals surface area contributed by atoms with Crippen molar-refractivity contribution < 1.29 is 31.9 Å². The minimum absolute atomic E-state index is 0.0749. The van der Waals surface area contributed by atoms with Gasteiger partial charge in [-0.3, -0.25) is 4.79 Å². The van der Waals surface area contributed by atoms with Crippen LogP contribution in [-0.4, -0.2) is 31.7 Å². The van der Waals surface area contributed by atoms with E-state index in [1.54, 1.807) is 0 Å². The summed E-state index contributed by atoms with van der Waals surface area (Å²) in [5.74, 6) is -3.41. The van der Waals surface area contributed by atoms with Gasteiger partial charge in [-0.05, 0) is 23.8 Å². The number of carbonyl (C=O) groups excluding carboxylic acids is 1. The third-order valence-corrected chi connectivity index (χ3v) is 3.64. The highest BCUT2D eigenvalue weighted by molar-refractivity contribution is 7.89. The van der Waals surface area contributed by atoms with Crippen molar-refractivity contribution in [1.29, 1.82) is 0 Å². The van der Waals surface area contributed by atoms with Gasteiger partial charge >= 0.3 is 5.97 Å². The first kappa shape index (κ1) is 16.7. The van der Waals surface area contributed by atoms with Gasteiger partial charge in [-0.1, -0.05) is 0 Å². The standard InChI is InChI=1S/C14H12FNO6S/c1-23(20,21)7-9-4-10(15)2-3-11(9)16-13(17)12-5-8(6-22-12)14(18)19/h2-6H,7H2,1H3,(H,16,17)(H,18,19). The number of aromatic carboxylic acids is 1. The zero-order valence-electron chi connectivity index (χ0n) is 11.9. The minimum atomic E-state index is -3.44. The first-order chi connectivity index (χ1) is 10.7. The molecule has 2 N–H and O–H groups in total. The molecule has 0 spiro atoms. The SMILES string of the molecule is CS(=O)(=O)Cc1cc(F)ccc1NC(=O)c1cc(C(=O)O)co1. The van der Waals surface area contributed by atoms with Gasteiger partial charge in [0.15, 0.2) is 15.6 Å². The zero-order valence-corrected chi connectivity index (χ0v) is 12.7. The Bertz CT molecular complexity index is 871. The van der Waals surface area contributed by atoms with Gasteiger partial charge in [0, 0.05) is 18.0 Å². The molecule has 23 heavy (non-hydrogen) atoms. The highest BCUT2D eigenvalue weighted by atomic mass is 32.2. The fraction of sp³-hybridized carbons (Fsp3) is 0.143. The van der Waals surface area contributed by atoms with E-state index in [0.717, 1.165) is 30.7 Å². The van der Waals surface area contributed by atoms with Crippen molar-refractivity contribution in [1.82, 2.24) is 0 Å². The Labute approximate surface area is 130 Å². The average molecular weight is 341 g/mol. The lowest BCUT2D eigenvalue weighted by molar-refractivity contribution is 0.0696. The number of sulfone groups is 1. The lowest BCUT2D eigenvalue weighted by Gasteiger charge is -2.09. The number of anilines is 1. The van der Waals surface area contributed by atoms with E-state index in [1.165, 1.54) is 6.07 Å². The molecule has 0 aliphatic rings. The number of hydrogen-bond donors (Lipinski definition) is 2. The van der Waals surface area contributed by atoms with Crippen molar-refractivity contribution in [2.45, 2.75) is 5.75 Å². The van der Waals surface area contributed by atoms with Crippen LogP contribution in [0.5, 0.6) is 0 Å². The van der Waals surface area contributed by atoms with Gasteiger partial charge in [0.05, 0.1) is 11.3 Å². The molecule has 0 aliphatic heterocycles. The molecule has 122 valence electrons. The van der Waals surface area contributed by atoms with Gasteiger partial charge in [-0.2, -0.15) is 0 Å². The molecule has 0 saturated heterocycles. The molecule has 0 saturated carbocycles. The summed E-state index contributed by atoms with van der Waals surface area (Å²) in [6.45, 7) is 0. The molecule has 0 bridgehead atoms. The van der Waals surface area contributed by atoms with E-state index < -0.39 is 33.3 Å². The highest BCUT2D eigenvalue weighted by Crippen LogP contribution is 2.21. The summed E-state index contributed by atoms with van der Waals surface area (Å²) >= 11 is 0. The molecule has 0 aliphatic carbocycles. The monoisotopic (exact) mass is 341 g/mol. The number of halogens is 1. The third-order valence-electron chi connectivity index (χ3n) is 2.80. The normalized spacial score (nSPS) is 11.2. The molecular formula is C14H12FNO6S. The molecule has 0 fully saturated rings. The summed E-state index contributed by atoms with van der Waals surface area (Å²) in [6.07, 6.45) is 1.88. The maximum absolute atomic E-state index is 13.3. The van der Waals surface area contributed by atoms with E-state index in [-0.39, 0.29) is 22.6 Å². The van der Waals surface area contributed by atoms with Gasteiger partial charge in [-0.15, -0.1) is 0 Å². The molecule has 1 aromatic carbocycles. The summed E-state index contributed by atoms with van der Waals surface area (Å²) in [5.41, 5.74) is -0.0356. The molecule has 2 rings (SSSR count).